The molecular formula is C16H26BO5P. The van der Waals surface area contributed by atoms with Crippen LogP contribution in [0.25, 0.3) is 0 Å². The van der Waals surface area contributed by atoms with Crippen molar-refractivity contribution in [2.45, 2.75) is 65.6 Å². The maximum absolute atomic E-state index is 11.8. The number of hydrogen-bond donors (Lipinski definition) is 2. The topological polar surface area (TPSA) is 76.0 Å². The summed E-state index contributed by atoms with van der Waals surface area (Å²) in [6, 6.07) is 3.31. The first-order valence-corrected chi connectivity index (χ1v) is 9.62. The van der Waals surface area contributed by atoms with E-state index in [4.69, 9.17) is 9.31 Å². The van der Waals surface area contributed by atoms with Crippen LogP contribution >= 0.6 is 7.60 Å². The lowest BCUT2D eigenvalue weighted by Gasteiger charge is -2.32. The smallest absolute Gasteiger partial charge is 0.399 e. The molecule has 0 aromatic heterocycles. The van der Waals surface area contributed by atoms with Gasteiger partial charge in [0.25, 0.3) is 0 Å². The first kappa shape index (κ1) is 18.7. The highest BCUT2D eigenvalue weighted by molar-refractivity contribution is 7.60. The molecule has 0 aliphatic carbocycles. The molecule has 7 heteroatoms. The first-order valence-electron chi connectivity index (χ1n) is 8.01. The van der Waals surface area contributed by atoms with Crippen LogP contribution in [0.1, 0.15) is 52.7 Å². The van der Waals surface area contributed by atoms with Crippen molar-refractivity contribution < 1.29 is 23.7 Å². The standard InChI is InChI=1S/C16H26BO5P/c1-7-11-9-10-13(23(18,19)20)12(8-2)14(11)17-21-15(3,4)16(5,6)22-17/h9-10H,7-8H2,1-6H3,(H2,18,19,20). The molecule has 128 valence electrons. The summed E-state index contributed by atoms with van der Waals surface area (Å²) in [5.74, 6) is 0. The predicted molar refractivity (Wildman–Crippen MR) is 92.6 cm³/mol. The van der Waals surface area contributed by atoms with Crippen molar-refractivity contribution >= 4 is 25.5 Å². The molecule has 0 radical (unpaired) electrons. The molecule has 2 N–H and O–H groups in total. The Hall–Kier alpha value is -0.645. The zero-order valence-electron chi connectivity index (χ0n) is 14.7. The molecule has 0 atom stereocenters. The average Bonchev–Trinajstić information content (AvgIpc) is 2.64. The van der Waals surface area contributed by atoms with Crippen LogP contribution in [0.4, 0.5) is 0 Å². The van der Waals surface area contributed by atoms with Crippen LogP contribution in [-0.4, -0.2) is 28.1 Å². The van der Waals surface area contributed by atoms with E-state index in [1.807, 2.05) is 41.5 Å². The van der Waals surface area contributed by atoms with E-state index in [-0.39, 0.29) is 5.30 Å². The predicted octanol–water partition coefficient (Wildman–Crippen LogP) is 1.91. The van der Waals surface area contributed by atoms with Gasteiger partial charge in [-0.05, 0) is 63.2 Å². The van der Waals surface area contributed by atoms with Gasteiger partial charge in [-0.3, -0.25) is 4.57 Å². The average molecular weight is 340 g/mol. The Balaban J connectivity index is 2.64. The Morgan fingerprint density at radius 2 is 1.57 bits per heavy atom. The minimum absolute atomic E-state index is 0.0712. The molecule has 5 nitrogen and oxygen atoms in total. The van der Waals surface area contributed by atoms with Gasteiger partial charge in [0.15, 0.2) is 0 Å². The summed E-state index contributed by atoms with van der Waals surface area (Å²) in [6.07, 6.45) is 1.25. The van der Waals surface area contributed by atoms with E-state index in [2.05, 4.69) is 0 Å². The third kappa shape index (κ3) is 3.28. The third-order valence-electron chi connectivity index (χ3n) is 4.96. The van der Waals surface area contributed by atoms with E-state index in [9.17, 15) is 14.4 Å². The number of aryl methyl sites for hydroxylation is 1. The minimum Gasteiger partial charge on any atom is -0.399 e. The van der Waals surface area contributed by atoms with Gasteiger partial charge in [-0.25, -0.2) is 0 Å². The molecule has 0 saturated carbocycles. The molecule has 0 bridgehead atoms. The Kier molecular flexibility index (Phi) is 4.89. The van der Waals surface area contributed by atoms with Crippen molar-refractivity contribution in [1.82, 2.24) is 0 Å². The fourth-order valence-corrected chi connectivity index (χ4v) is 3.81. The Morgan fingerprint density at radius 3 is 1.96 bits per heavy atom. The normalized spacial score (nSPS) is 20.1. The van der Waals surface area contributed by atoms with Crippen molar-refractivity contribution in [1.29, 1.82) is 0 Å². The lowest BCUT2D eigenvalue weighted by Crippen LogP contribution is -2.42. The molecule has 2 rings (SSSR count). The summed E-state index contributed by atoms with van der Waals surface area (Å²) >= 11 is 0. The van der Waals surface area contributed by atoms with Gasteiger partial charge in [0.2, 0.25) is 0 Å². The zero-order valence-corrected chi connectivity index (χ0v) is 15.6. The number of rotatable bonds is 4. The Morgan fingerprint density at radius 1 is 1.04 bits per heavy atom. The van der Waals surface area contributed by atoms with Gasteiger partial charge >= 0.3 is 14.7 Å². The zero-order chi connectivity index (χ0) is 17.6. The van der Waals surface area contributed by atoms with Crippen LogP contribution in [0.3, 0.4) is 0 Å². The minimum atomic E-state index is -4.35. The Labute approximate surface area is 138 Å². The van der Waals surface area contributed by atoms with Crippen molar-refractivity contribution in [3.63, 3.8) is 0 Å². The van der Waals surface area contributed by atoms with E-state index < -0.39 is 25.9 Å². The van der Waals surface area contributed by atoms with Gasteiger partial charge in [0, 0.05) is 0 Å². The van der Waals surface area contributed by atoms with Gasteiger partial charge < -0.3 is 19.1 Å². The highest BCUT2D eigenvalue weighted by Crippen LogP contribution is 2.39. The van der Waals surface area contributed by atoms with E-state index >= 15 is 0 Å². The van der Waals surface area contributed by atoms with Gasteiger partial charge in [-0.1, -0.05) is 19.9 Å². The van der Waals surface area contributed by atoms with E-state index in [1.54, 1.807) is 6.07 Å². The summed E-state index contributed by atoms with van der Waals surface area (Å²) in [5.41, 5.74) is 1.42. The summed E-state index contributed by atoms with van der Waals surface area (Å²) in [6.45, 7) is 11.8. The molecule has 0 spiro atoms. The highest BCUT2D eigenvalue weighted by atomic mass is 31.2. The van der Waals surface area contributed by atoms with Gasteiger partial charge in [-0.15, -0.1) is 0 Å². The summed E-state index contributed by atoms with van der Waals surface area (Å²) in [4.78, 5) is 19.3. The fourth-order valence-electron chi connectivity index (χ4n) is 2.91. The molecule has 1 fully saturated rings. The summed E-state index contributed by atoms with van der Waals surface area (Å²) in [5, 5.41) is 0.0712. The molecular weight excluding hydrogens is 314 g/mol. The quantitative estimate of drug-likeness (QED) is 0.647. The fraction of sp³-hybridized carbons (Fsp3) is 0.625. The van der Waals surface area contributed by atoms with Gasteiger partial charge in [0.05, 0.1) is 16.5 Å². The van der Waals surface area contributed by atoms with Crippen LogP contribution in [0.2, 0.25) is 0 Å². The molecule has 1 saturated heterocycles. The van der Waals surface area contributed by atoms with Crippen LogP contribution in [0.5, 0.6) is 0 Å². The summed E-state index contributed by atoms with van der Waals surface area (Å²) < 4.78 is 24.1. The second-order valence-corrected chi connectivity index (χ2v) is 8.55. The van der Waals surface area contributed by atoms with Crippen LogP contribution in [0, 0.1) is 0 Å². The second kappa shape index (κ2) is 6.01. The van der Waals surface area contributed by atoms with Crippen molar-refractivity contribution in [3.05, 3.63) is 23.3 Å². The van der Waals surface area contributed by atoms with Gasteiger partial charge in [0.1, 0.15) is 0 Å². The first-order chi connectivity index (χ1) is 10.4. The van der Waals surface area contributed by atoms with Crippen molar-refractivity contribution in [2.24, 2.45) is 0 Å². The van der Waals surface area contributed by atoms with Crippen LogP contribution < -0.4 is 10.8 Å². The van der Waals surface area contributed by atoms with E-state index in [1.165, 1.54) is 6.07 Å². The third-order valence-corrected chi connectivity index (χ3v) is 6.01. The maximum atomic E-state index is 11.8. The second-order valence-electron chi connectivity index (χ2n) is 6.98. The Bertz CT molecular complexity index is 634. The van der Waals surface area contributed by atoms with Crippen LogP contribution in [-0.2, 0) is 26.7 Å². The van der Waals surface area contributed by atoms with E-state index in [0.717, 1.165) is 17.4 Å². The molecule has 1 aromatic carbocycles. The highest BCUT2D eigenvalue weighted by Gasteiger charge is 2.53. The maximum Gasteiger partial charge on any atom is 0.495 e. The molecule has 1 aliphatic heterocycles. The summed E-state index contributed by atoms with van der Waals surface area (Å²) in [7, 11) is -4.96. The van der Waals surface area contributed by atoms with E-state index in [0.29, 0.717) is 12.0 Å². The van der Waals surface area contributed by atoms with Crippen molar-refractivity contribution in [2.75, 3.05) is 0 Å². The monoisotopic (exact) mass is 340 g/mol. The number of hydrogen-bond acceptors (Lipinski definition) is 3. The largest absolute Gasteiger partial charge is 0.495 e. The SMILES string of the molecule is CCc1ccc(P(=O)(O)O)c(CC)c1B1OC(C)(C)C(C)(C)O1. The van der Waals surface area contributed by atoms with Crippen LogP contribution in [0.15, 0.2) is 12.1 Å². The lowest BCUT2D eigenvalue weighted by molar-refractivity contribution is 0.00578. The molecule has 0 unspecified atom stereocenters. The molecule has 23 heavy (non-hydrogen) atoms. The van der Waals surface area contributed by atoms with Crippen molar-refractivity contribution in [3.8, 4) is 0 Å². The molecule has 1 aromatic rings. The molecule has 1 heterocycles. The number of benzene rings is 1. The molecule has 0 amide bonds. The molecule has 1 aliphatic rings. The lowest BCUT2D eigenvalue weighted by atomic mass is 9.72. The van der Waals surface area contributed by atoms with Gasteiger partial charge in [-0.2, -0.15) is 0 Å².